The standard InChI is InChI=1S/C17H15BrFNO2/c1-11-2-5-13(18)10-15(11)20-17(22)9-8-16(21)12-3-6-14(19)7-4-12/h2-7,10H,8-9H2,1H3,(H,20,22). The highest BCUT2D eigenvalue weighted by Crippen LogP contribution is 2.21. The fourth-order valence-corrected chi connectivity index (χ4v) is 2.31. The largest absolute Gasteiger partial charge is 0.326 e. The first-order valence-corrected chi connectivity index (χ1v) is 7.60. The van der Waals surface area contributed by atoms with Gasteiger partial charge in [0.15, 0.2) is 5.78 Å². The molecular weight excluding hydrogens is 349 g/mol. The van der Waals surface area contributed by atoms with Crippen molar-refractivity contribution in [1.29, 1.82) is 0 Å². The number of ketones is 1. The Kier molecular flexibility index (Phi) is 5.44. The van der Waals surface area contributed by atoms with E-state index in [1.807, 2.05) is 25.1 Å². The molecule has 2 aromatic rings. The van der Waals surface area contributed by atoms with Gasteiger partial charge in [0, 0.05) is 28.6 Å². The highest BCUT2D eigenvalue weighted by molar-refractivity contribution is 9.10. The zero-order valence-corrected chi connectivity index (χ0v) is 13.6. The summed E-state index contributed by atoms with van der Waals surface area (Å²) in [4.78, 5) is 23.9. The molecule has 0 aromatic heterocycles. The molecule has 0 unspecified atom stereocenters. The van der Waals surface area contributed by atoms with Crippen molar-refractivity contribution in [3.05, 3.63) is 63.9 Å². The Bertz CT molecular complexity index is 698. The summed E-state index contributed by atoms with van der Waals surface area (Å²) in [7, 11) is 0. The van der Waals surface area contributed by atoms with Gasteiger partial charge in [0.05, 0.1) is 0 Å². The first-order valence-electron chi connectivity index (χ1n) is 6.80. The summed E-state index contributed by atoms with van der Waals surface area (Å²) < 4.78 is 13.7. The number of halogens is 2. The number of hydrogen-bond acceptors (Lipinski definition) is 2. The third-order valence-corrected chi connectivity index (χ3v) is 3.71. The number of rotatable bonds is 5. The smallest absolute Gasteiger partial charge is 0.224 e. The van der Waals surface area contributed by atoms with E-state index in [4.69, 9.17) is 0 Å². The topological polar surface area (TPSA) is 46.2 Å². The second-order valence-electron chi connectivity index (χ2n) is 4.94. The maximum atomic E-state index is 12.8. The SMILES string of the molecule is Cc1ccc(Br)cc1NC(=O)CCC(=O)c1ccc(F)cc1. The molecule has 114 valence electrons. The quantitative estimate of drug-likeness (QED) is 0.795. The van der Waals surface area contributed by atoms with Crippen LogP contribution in [0.25, 0.3) is 0 Å². The monoisotopic (exact) mass is 363 g/mol. The van der Waals surface area contributed by atoms with Crippen molar-refractivity contribution in [1.82, 2.24) is 0 Å². The van der Waals surface area contributed by atoms with Gasteiger partial charge in [-0.25, -0.2) is 4.39 Å². The molecule has 0 aliphatic carbocycles. The van der Waals surface area contributed by atoms with Crippen LogP contribution < -0.4 is 5.32 Å². The Morgan fingerprint density at radius 1 is 1.09 bits per heavy atom. The molecule has 0 aliphatic rings. The lowest BCUT2D eigenvalue weighted by molar-refractivity contribution is -0.116. The highest BCUT2D eigenvalue weighted by Gasteiger charge is 2.10. The van der Waals surface area contributed by atoms with E-state index in [0.29, 0.717) is 11.3 Å². The minimum Gasteiger partial charge on any atom is -0.326 e. The fourth-order valence-electron chi connectivity index (χ4n) is 1.95. The predicted molar refractivity (Wildman–Crippen MR) is 87.5 cm³/mol. The number of amides is 1. The number of Topliss-reactive ketones (excluding diaryl/α,β-unsaturated/α-hetero) is 1. The van der Waals surface area contributed by atoms with E-state index < -0.39 is 0 Å². The van der Waals surface area contributed by atoms with Crippen LogP contribution in [0.5, 0.6) is 0 Å². The molecule has 22 heavy (non-hydrogen) atoms. The third kappa shape index (κ3) is 4.49. The third-order valence-electron chi connectivity index (χ3n) is 3.22. The molecule has 3 nitrogen and oxygen atoms in total. The molecule has 2 rings (SSSR count). The average Bonchev–Trinajstić information content (AvgIpc) is 2.49. The molecule has 0 spiro atoms. The van der Waals surface area contributed by atoms with Gasteiger partial charge in [-0.1, -0.05) is 22.0 Å². The molecule has 0 radical (unpaired) electrons. The first-order chi connectivity index (χ1) is 10.5. The highest BCUT2D eigenvalue weighted by atomic mass is 79.9. The number of nitrogens with one attached hydrogen (secondary N) is 1. The summed E-state index contributed by atoms with van der Waals surface area (Å²) in [5.41, 5.74) is 2.07. The Morgan fingerprint density at radius 2 is 1.77 bits per heavy atom. The van der Waals surface area contributed by atoms with Crippen LogP contribution >= 0.6 is 15.9 Å². The Hall–Kier alpha value is -2.01. The van der Waals surface area contributed by atoms with Crippen LogP contribution in [0, 0.1) is 12.7 Å². The van der Waals surface area contributed by atoms with Crippen LogP contribution in [0.3, 0.4) is 0 Å². The van der Waals surface area contributed by atoms with Gasteiger partial charge in [-0.3, -0.25) is 9.59 Å². The molecule has 0 saturated carbocycles. The van der Waals surface area contributed by atoms with Crippen molar-refractivity contribution in [2.75, 3.05) is 5.32 Å². The van der Waals surface area contributed by atoms with Crippen LogP contribution in [-0.4, -0.2) is 11.7 Å². The summed E-state index contributed by atoms with van der Waals surface area (Å²) in [5.74, 6) is -0.794. The van der Waals surface area contributed by atoms with E-state index in [1.54, 1.807) is 0 Å². The Labute approximate surface area is 136 Å². The van der Waals surface area contributed by atoms with Gasteiger partial charge >= 0.3 is 0 Å². The molecule has 2 aromatic carbocycles. The van der Waals surface area contributed by atoms with E-state index in [2.05, 4.69) is 21.2 Å². The molecule has 0 saturated heterocycles. The Balaban J connectivity index is 1.91. The minimum atomic E-state index is -0.389. The van der Waals surface area contributed by atoms with Crippen molar-refractivity contribution < 1.29 is 14.0 Å². The molecular formula is C17H15BrFNO2. The maximum absolute atomic E-state index is 12.8. The van der Waals surface area contributed by atoms with Crippen LogP contribution in [0.15, 0.2) is 46.9 Å². The van der Waals surface area contributed by atoms with Crippen molar-refractivity contribution in [3.63, 3.8) is 0 Å². The van der Waals surface area contributed by atoms with Crippen molar-refractivity contribution in [2.45, 2.75) is 19.8 Å². The average molecular weight is 364 g/mol. The van der Waals surface area contributed by atoms with Crippen LogP contribution in [0.1, 0.15) is 28.8 Å². The van der Waals surface area contributed by atoms with E-state index in [1.165, 1.54) is 24.3 Å². The van der Waals surface area contributed by atoms with Crippen molar-refractivity contribution in [2.24, 2.45) is 0 Å². The fraction of sp³-hybridized carbons (Fsp3) is 0.176. The molecule has 0 atom stereocenters. The predicted octanol–water partition coefficient (Wildman–Crippen LogP) is 4.50. The number of benzene rings is 2. The number of carbonyl (C=O) groups is 2. The van der Waals surface area contributed by atoms with Crippen LogP contribution in [0.2, 0.25) is 0 Å². The van der Waals surface area contributed by atoms with Crippen molar-refractivity contribution in [3.8, 4) is 0 Å². The summed E-state index contributed by atoms with van der Waals surface area (Å²) in [6.07, 6.45) is 0.173. The normalized spacial score (nSPS) is 10.3. The second-order valence-corrected chi connectivity index (χ2v) is 5.85. The zero-order chi connectivity index (χ0) is 16.1. The lowest BCUT2D eigenvalue weighted by atomic mass is 10.1. The van der Waals surface area contributed by atoms with Crippen LogP contribution in [-0.2, 0) is 4.79 Å². The number of anilines is 1. The van der Waals surface area contributed by atoms with Gasteiger partial charge in [0.25, 0.3) is 0 Å². The van der Waals surface area contributed by atoms with E-state index in [-0.39, 0.29) is 30.3 Å². The van der Waals surface area contributed by atoms with E-state index in [0.717, 1.165) is 10.0 Å². The minimum absolute atomic E-state index is 0.0855. The number of aryl methyl sites for hydroxylation is 1. The molecule has 5 heteroatoms. The molecule has 1 N–H and O–H groups in total. The Morgan fingerprint density at radius 3 is 2.45 bits per heavy atom. The van der Waals surface area contributed by atoms with Gasteiger partial charge in [0.2, 0.25) is 5.91 Å². The first kappa shape index (κ1) is 16.4. The molecule has 0 heterocycles. The van der Waals surface area contributed by atoms with E-state index >= 15 is 0 Å². The zero-order valence-electron chi connectivity index (χ0n) is 12.0. The van der Waals surface area contributed by atoms with Gasteiger partial charge in [-0.2, -0.15) is 0 Å². The lowest BCUT2D eigenvalue weighted by Crippen LogP contribution is -2.14. The number of hydrogen-bond donors (Lipinski definition) is 1. The van der Waals surface area contributed by atoms with Gasteiger partial charge < -0.3 is 5.32 Å². The molecule has 0 bridgehead atoms. The summed E-state index contributed by atoms with van der Waals surface area (Å²) >= 11 is 3.35. The summed E-state index contributed by atoms with van der Waals surface area (Å²) in [5, 5.41) is 2.79. The lowest BCUT2D eigenvalue weighted by Gasteiger charge is -2.08. The second kappa shape index (κ2) is 7.31. The van der Waals surface area contributed by atoms with Gasteiger partial charge in [-0.15, -0.1) is 0 Å². The molecule has 1 amide bonds. The maximum Gasteiger partial charge on any atom is 0.224 e. The van der Waals surface area contributed by atoms with E-state index in [9.17, 15) is 14.0 Å². The van der Waals surface area contributed by atoms with Gasteiger partial charge in [0.1, 0.15) is 5.82 Å². The van der Waals surface area contributed by atoms with Crippen molar-refractivity contribution >= 4 is 33.3 Å². The number of carbonyl (C=O) groups excluding carboxylic acids is 2. The van der Waals surface area contributed by atoms with Crippen LogP contribution in [0.4, 0.5) is 10.1 Å². The summed E-state index contributed by atoms with van der Waals surface area (Å²) in [6, 6.07) is 10.9. The molecule has 0 aliphatic heterocycles. The molecule has 0 fully saturated rings. The van der Waals surface area contributed by atoms with Gasteiger partial charge in [-0.05, 0) is 48.9 Å². The summed E-state index contributed by atoms with van der Waals surface area (Å²) in [6.45, 7) is 1.89.